The molecule has 4 heteroatoms. The van der Waals surface area contributed by atoms with Gasteiger partial charge in [0, 0.05) is 16.5 Å². The molecule has 0 aromatic heterocycles. The summed E-state index contributed by atoms with van der Waals surface area (Å²) in [6.45, 7) is 0.866. The van der Waals surface area contributed by atoms with E-state index in [9.17, 15) is 5.11 Å². The molecule has 3 aromatic carbocycles. The molecule has 0 heterocycles. The summed E-state index contributed by atoms with van der Waals surface area (Å²) in [7, 11) is 1.60. The fourth-order valence-corrected chi connectivity index (χ4v) is 3.85. The Morgan fingerprint density at radius 1 is 0.963 bits per heavy atom. The van der Waals surface area contributed by atoms with Crippen molar-refractivity contribution in [2.75, 3.05) is 19.4 Å². The highest BCUT2D eigenvalue weighted by Crippen LogP contribution is 2.32. The third kappa shape index (κ3) is 5.52. The maximum Gasteiger partial charge on any atom is 0.124 e. The number of nitrogens with one attached hydrogen (secondary N) is 1. The van der Waals surface area contributed by atoms with E-state index in [1.807, 2.05) is 48.2 Å². The number of methoxy groups -OCH3 is 1. The van der Waals surface area contributed by atoms with Gasteiger partial charge in [-0.15, -0.1) is 11.8 Å². The number of rotatable bonds is 9. The van der Waals surface area contributed by atoms with E-state index in [1.165, 1.54) is 4.90 Å². The number of hydrogen-bond donors (Lipinski definition) is 2. The van der Waals surface area contributed by atoms with E-state index in [2.05, 4.69) is 41.7 Å². The Morgan fingerprint density at radius 3 is 2.33 bits per heavy atom. The van der Waals surface area contributed by atoms with Crippen molar-refractivity contribution in [3.05, 3.63) is 90.0 Å². The molecule has 3 rings (SSSR count). The van der Waals surface area contributed by atoms with Crippen molar-refractivity contribution in [3.63, 3.8) is 0 Å². The van der Waals surface area contributed by atoms with Gasteiger partial charge in [0.05, 0.1) is 13.2 Å². The maximum atomic E-state index is 10.5. The van der Waals surface area contributed by atoms with Gasteiger partial charge >= 0.3 is 0 Å². The van der Waals surface area contributed by atoms with E-state index in [1.54, 1.807) is 13.2 Å². The monoisotopic (exact) mass is 379 g/mol. The predicted molar refractivity (Wildman–Crippen MR) is 113 cm³/mol. The van der Waals surface area contributed by atoms with E-state index in [0.717, 1.165) is 29.8 Å². The van der Waals surface area contributed by atoms with Gasteiger partial charge in [0.15, 0.2) is 0 Å². The van der Waals surface area contributed by atoms with Crippen LogP contribution in [-0.4, -0.2) is 24.5 Å². The van der Waals surface area contributed by atoms with Gasteiger partial charge in [0.2, 0.25) is 0 Å². The summed E-state index contributed by atoms with van der Waals surface area (Å²) in [6.07, 6.45) is 1.04. The standard InChI is InChI=1S/C23H25NO2S/c1-26-19-13-14-21(22(25)17-19)23(18-9-4-2-5-10-18)24-15-8-16-27-20-11-6-3-7-12-20/h2-7,9-14,17,23-25H,8,15-16H2,1H3. The largest absolute Gasteiger partial charge is 0.507 e. The van der Waals surface area contributed by atoms with Gasteiger partial charge in [-0.1, -0.05) is 48.5 Å². The Hall–Kier alpha value is -2.43. The lowest BCUT2D eigenvalue weighted by Crippen LogP contribution is -2.24. The number of thioether (sulfide) groups is 1. The molecule has 2 N–H and O–H groups in total. The Labute approximate surface area is 165 Å². The summed E-state index contributed by atoms with van der Waals surface area (Å²) in [4.78, 5) is 1.30. The molecule has 0 bridgehead atoms. The molecular formula is C23H25NO2S. The zero-order valence-electron chi connectivity index (χ0n) is 15.5. The van der Waals surface area contributed by atoms with E-state index >= 15 is 0 Å². The molecule has 0 aliphatic rings. The highest BCUT2D eigenvalue weighted by Gasteiger charge is 2.17. The first-order chi connectivity index (χ1) is 13.3. The SMILES string of the molecule is COc1ccc(C(NCCCSc2ccccc2)c2ccccc2)c(O)c1. The fourth-order valence-electron chi connectivity index (χ4n) is 2.97. The topological polar surface area (TPSA) is 41.5 Å². The van der Waals surface area contributed by atoms with Gasteiger partial charge in [0.1, 0.15) is 11.5 Å². The van der Waals surface area contributed by atoms with Crippen LogP contribution in [0.15, 0.2) is 83.8 Å². The quantitative estimate of drug-likeness (QED) is 0.393. The van der Waals surface area contributed by atoms with Gasteiger partial charge in [0.25, 0.3) is 0 Å². The van der Waals surface area contributed by atoms with Crippen LogP contribution in [0.25, 0.3) is 0 Å². The van der Waals surface area contributed by atoms with Gasteiger partial charge in [-0.05, 0) is 48.5 Å². The minimum Gasteiger partial charge on any atom is -0.507 e. The third-order valence-electron chi connectivity index (χ3n) is 4.36. The lowest BCUT2D eigenvalue weighted by atomic mass is 9.97. The van der Waals surface area contributed by atoms with Gasteiger partial charge in [-0.3, -0.25) is 0 Å². The molecule has 0 spiro atoms. The molecule has 0 aliphatic carbocycles. The van der Waals surface area contributed by atoms with Crippen LogP contribution in [0.3, 0.4) is 0 Å². The van der Waals surface area contributed by atoms with Crippen LogP contribution in [0.2, 0.25) is 0 Å². The average Bonchev–Trinajstić information content (AvgIpc) is 2.72. The van der Waals surface area contributed by atoms with E-state index in [4.69, 9.17) is 4.74 Å². The first-order valence-corrected chi connectivity index (χ1v) is 10.1. The van der Waals surface area contributed by atoms with Crippen molar-refractivity contribution in [2.24, 2.45) is 0 Å². The molecule has 0 saturated heterocycles. The minimum absolute atomic E-state index is 0.0566. The normalized spacial score (nSPS) is 11.9. The van der Waals surface area contributed by atoms with Crippen molar-refractivity contribution in [2.45, 2.75) is 17.4 Å². The zero-order valence-corrected chi connectivity index (χ0v) is 16.3. The molecule has 1 atom stereocenters. The van der Waals surface area contributed by atoms with Crippen molar-refractivity contribution >= 4 is 11.8 Å². The number of phenolic OH excluding ortho intramolecular Hbond substituents is 1. The van der Waals surface area contributed by atoms with E-state index in [-0.39, 0.29) is 11.8 Å². The summed E-state index contributed by atoms with van der Waals surface area (Å²) < 4.78 is 5.21. The number of hydrogen-bond acceptors (Lipinski definition) is 4. The van der Waals surface area contributed by atoms with E-state index in [0.29, 0.717) is 5.75 Å². The predicted octanol–water partition coefficient (Wildman–Crippen LogP) is 5.26. The number of phenols is 1. The molecule has 0 aliphatic heterocycles. The molecular weight excluding hydrogens is 354 g/mol. The maximum absolute atomic E-state index is 10.5. The highest BCUT2D eigenvalue weighted by molar-refractivity contribution is 7.99. The van der Waals surface area contributed by atoms with Gasteiger partial charge < -0.3 is 15.2 Å². The molecule has 27 heavy (non-hydrogen) atoms. The smallest absolute Gasteiger partial charge is 0.124 e. The Kier molecular flexibility index (Phi) is 7.19. The van der Waals surface area contributed by atoms with Crippen LogP contribution < -0.4 is 10.1 Å². The zero-order chi connectivity index (χ0) is 18.9. The summed E-state index contributed by atoms with van der Waals surface area (Å²) in [6, 6.07) is 26.1. The number of ether oxygens (including phenoxy) is 1. The lowest BCUT2D eigenvalue weighted by molar-refractivity contribution is 0.404. The van der Waals surface area contributed by atoms with Crippen LogP contribution in [0.1, 0.15) is 23.6 Å². The molecule has 0 fully saturated rings. The van der Waals surface area contributed by atoms with Crippen LogP contribution in [-0.2, 0) is 0 Å². The summed E-state index contributed by atoms with van der Waals surface area (Å²) in [5.74, 6) is 1.95. The molecule has 0 radical (unpaired) electrons. The van der Waals surface area contributed by atoms with Gasteiger partial charge in [-0.2, -0.15) is 0 Å². The highest BCUT2D eigenvalue weighted by atomic mass is 32.2. The van der Waals surface area contributed by atoms with Crippen LogP contribution in [0.5, 0.6) is 11.5 Å². The molecule has 3 nitrogen and oxygen atoms in total. The first-order valence-electron chi connectivity index (χ1n) is 9.11. The second-order valence-electron chi connectivity index (χ2n) is 6.24. The van der Waals surface area contributed by atoms with Crippen LogP contribution in [0.4, 0.5) is 0 Å². The first kappa shape index (κ1) is 19.3. The number of benzene rings is 3. The minimum atomic E-state index is -0.0566. The van der Waals surface area contributed by atoms with E-state index < -0.39 is 0 Å². The summed E-state index contributed by atoms with van der Waals surface area (Å²) in [5.41, 5.74) is 1.99. The Morgan fingerprint density at radius 2 is 1.67 bits per heavy atom. The summed E-state index contributed by atoms with van der Waals surface area (Å²) in [5, 5.41) is 14.1. The fraction of sp³-hybridized carbons (Fsp3) is 0.217. The van der Waals surface area contributed by atoms with Crippen molar-refractivity contribution in [1.82, 2.24) is 5.32 Å². The van der Waals surface area contributed by atoms with Crippen LogP contribution in [0, 0.1) is 0 Å². The van der Waals surface area contributed by atoms with Crippen molar-refractivity contribution < 1.29 is 9.84 Å². The Balaban J connectivity index is 1.64. The third-order valence-corrected chi connectivity index (χ3v) is 5.46. The second-order valence-corrected chi connectivity index (χ2v) is 7.41. The average molecular weight is 380 g/mol. The molecule has 140 valence electrons. The number of aromatic hydroxyl groups is 1. The van der Waals surface area contributed by atoms with Crippen molar-refractivity contribution in [1.29, 1.82) is 0 Å². The summed E-state index contributed by atoms with van der Waals surface area (Å²) >= 11 is 1.87. The second kappa shape index (κ2) is 10.0. The lowest BCUT2D eigenvalue weighted by Gasteiger charge is -2.21. The molecule has 0 amide bonds. The molecule has 3 aromatic rings. The Bertz CT molecular complexity index is 824. The molecule has 1 unspecified atom stereocenters. The van der Waals surface area contributed by atoms with Gasteiger partial charge in [-0.25, -0.2) is 0 Å². The van der Waals surface area contributed by atoms with Crippen LogP contribution >= 0.6 is 11.8 Å². The van der Waals surface area contributed by atoms with Crippen molar-refractivity contribution in [3.8, 4) is 11.5 Å². The molecule has 0 saturated carbocycles.